The van der Waals surface area contributed by atoms with Crippen LogP contribution < -0.4 is 11.1 Å². The maximum atomic E-state index is 12.4. The van der Waals surface area contributed by atoms with Gasteiger partial charge in [0.15, 0.2) is 0 Å². The van der Waals surface area contributed by atoms with E-state index in [0.29, 0.717) is 23.7 Å². The zero-order valence-corrected chi connectivity index (χ0v) is 11.8. The summed E-state index contributed by atoms with van der Waals surface area (Å²) in [6.45, 7) is 0.662. The first-order valence-corrected chi connectivity index (χ1v) is 7.24. The number of para-hydroxylation sites is 1. The van der Waals surface area contributed by atoms with Crippen molar-refractivity contribution in [2.75, 3.05) is 12.3 Å². The first-order chi connectivity index (χ1) is 10.7. The van der Waals surface area contributed by atoms with E-state index in [4.69, 9.17) is 14.7 Å². The number of nitrogen functional groups attached to an aromatic ring is 1. The predicted molar refractivity (Wildman–Crippen MR) is 81.2 cm³/mol. The average Bonchev–Trinajstić information content (AvgIpc) is 3.14. The number of nitrogens with one attached hydrogen (secondary N) is 1. The summed E-state index contributed by atoms with van der Waals surface area (Å²) in [6.07, 6.45) is 3.90. The molecule has 3 aromatic rings. The molecule has 2 heterocycles. The van der Waals surface area contributed by atoms with Crippen LogP contribution in [-0.4, -0.2) is 17.6 Å². The van der Waals surface area contributed by atoms with Gasteiger partial charge in [0, 0.05) is 11.9 Å². The van der Waals surface area contributed by atoms with Crippen molar-refractivity contribution in [1.29, 1.82) is 0 Å². The van der Waals surface area contributed by atoms with E-state index in [1.54, 1.807) is 6.26 Å². The number of fused-ring (bicyclic) bond motifs is 1. The summed E-state index contributed by atoms with van der Waals surface area (Å²) in [6, 6.07) is 7.55. The van der Waals surface area contributed by atoms with Crippen LogP contribution in [-0.2, 0) is 0 Å². The second-order valence-electron chi connectivity index (χ2n) is 5.57. The van der Waals surface area contributed by atoms with Crippen LogP contribution in [0, 0.1) is 5.92 Å². The number of carbonyl (C=O) groups is 1. The smallest absolute Gasteiger partial charge is 0.259 e. The van der Waals surface area contributed by atoms with E-state index in [1.807, 2.05) is 24.3 Å². The van der Waals surface area contributed by atoms with E-state index in [-0.39, 0.29) is 17.4 Å². The fraction of sp³-hybridized carbons (Fsp3) is 0.250. The van der Waals surface area contributed by atoms with Crippen LogP contribution in [0.2, 0.25) is 0 Å². The van der Waals surface area contributed by atoms with Gasteiger partial charge in [-0.15, -0.1) is 0 Å². The Hall–Kier alpha value is -2.76. The van der Waals surface area contributed by atoms with Crippen LogP contribution in [0.25, 0.3) is 22.2 Å². The second kappa shape index (κ2) is 4.91. The number of hydrogen-bond acceptors (Lipinski definition) is 5. The Balaban J connectivity index is 1.74. The van der Waals surface area contributed by atoms with Gasteiger partial charge in [-0.2, -0.15) is 0 Å². The van der Waals surface area contributed by atoms with Gasteiger partial charge in [0.05, 0.1) is 5.56 Å². The van der Waals surface area contributed by atoms with E-state index >= 15 is 0 Å². The normalized spacial score (nSPS) is 14.4. The van der Waals surface area contributed by atoms with Crippen LogP contribution >= 0.6 is 0 Å². The van der Waals surface area contributed by atoms with Crippen molar-refractivity contribution in [3.05, 3.63) is 36.1 Å². The Kier molecular flexibility index (Phi) is 2.89. The number of hydrogen-bond donors (Lipinski definition) is 2. The molecule has 0 aliphatic heterocycles. The lowest BCUT2D eigenvalue weighted by Gasteiger charge is -2.03. The van der Waals surface area contributed by atoms with Crippen molar-refractivity contribution >= 4 is 22.8 Å². The van der Waals surface area contributed by atoms with Gasteiger partial charge in [-0.3, -0.25) is 4.79 Å². The van der Waals surface area contributed by atoms with Gasteiger partial charge in [0.25, 0.3) is 5.91 Å². The lowest BCUT2D eigenvalue weighted by molar-refractivity contribution is 0.0953. The highest BCUT2D eigenvalue weighted by atomic mass is 16.5. The van der Waals surface area contributed by atoms with E-state index in [0.717, 1.165) is 11.0 Å². The van der Waals surface area contributed by atoms with Crippen LogP contribution in [0.5, 0.6) is 0 Å². The number of aromatic nitrogens is 1. The number of furan rings is 1. The van der Waals surface area contributed by atoms with Gasteiger partial charge >= 0.3 is 0 Å². The van der Waals surface area contributed by atoms with Crippen molar-refractivity contribution in [1.82, 2.24) is 10.5 Å². The molecule has 0 bridgehead atoms. The molecule has 0 spiro atoms. The number of nitrogens with zero attached hydrogens (tertiary/aromatic N) is 1. The van der Waals surface area contributed by atoms with Crippen LogP contribution in [0.3, 0.4) is 0 Å². The van der Waals surface area contributed by atoms with E-state index in [2.05, 4.69) is 10.5 Å². The zero-order chi connectivity index (χ0) is 15.1. The first-order valence-electron chi connectivity index (χ1n) is 7.24. The third kappa shape index (κ3) is 2.13. The monoisotopic (exact) mass is 297 g/mol. The number of rotatable bonds is 4. The lowest BCUT2D eigenvalue weighted by atomic mass is 10.1. The van der Waals surface area contributed by atoms with Crippen molar-refractivity contribution in [3.63, 3.8) is 0 Å². The molecular weight excluding hydrogens is 282 g/mol. The minimum Gasteiger partial charge on any atom is -0.464 e. The van der Waals surface area contributed by atoms with E-state index < -0.39 is 0 Å². The standard InChI is InChI=1S/C16H15N3O3/c17-15-13(16(20)18-7-9-5-6-9)14(19-22-15)11-8-21-12-4-2-1-3-10(11)12/h1-4,8-9H,5-7,17H2,(H,18,20). The molecule has 2 aromatic heterocycles. The molecule has 4 rings (SSSR count). The van der Waals surface area contributed by atoms with Gasteiger partial charge in [0.2, 0.25) is 5.88 Å². The summed E-state index contributed by atoms with van der Waals surface area (Å²) in [5.74, 6) is 0.350. The summed E-state index contributed by atoms with van der Waals surface area (Å²) in [5.41, 5.74) is 7.90. The molecule has 0 saturated heterocycles. The molecule has 1 amide bonds. The molecule has 112 valence electrons. The Morgan fingerprint density at radius 2 is 2.18 bits per heavy atom. The summed E-state index contributed by atoms with van der Waals surface area (Å²) < 4.78 is 10.5. The Labute approximate surface area is 126 Å². The highest BCUT2D eigenvalue weighted by Gasteiger charge is 2.27. The highest BCUT2D eigenvalue weighted by molar-refractivity contribution is 6.06. The number of nitrogens with two attached hydrogens (primary N) is 1. The molecule has 6 nitrogen and oxygen atoms in total. The quantitative estimate of drug-likeness (QED) is 0.772. The molecule has 3 N–H and O–H groups in total. The van der Waals surface area contributed by atoms with Crippen LogP contribution in [0.1, 0.15) is 23.2 Å². The Morgan fingerprint density at radius 1 is 1.36 bits per heavy atom. The third-order valence-corrected chi connectivity index (χ3v) is 3.93. The molecule has 1 saturated carbocycles. The minimum atomic E-state index is -0.258. The number of anilines is 1. The predicted octanol–water partition coefficient (Wildman–Crippen LogP) is 2.81. The molecule has 1 aliphatic rings. The maximum Gasteiger partial charge on any atom is 0.259 e. The highest BCUT2D eigenvalue weighted by Crippen LogP contribution is 2.34. The number of benzene rings is 1. The van der Waals surface area contributed by atoms with E-state index in [9.17, 15) is 4.79 Å². The second-order valence-corrected chi connectivity index (χ2v) is 5.57. The van der Waals surface area contributed by atoms with Crippen LogP contribution in [0.4, 0.5) is 5.88 Å². The largest absolute Gasteiger partial charge is 0.464 e. The molecule has 1 fully saturated rings. The molecule has 0 unspecified atom stereocenters. The average molecular weight is 297 g/mol. The molecule has 1 aliphatic carbocycles. The third-order valence-electron chi connectivity index (χ3n) is 3.93. The van der Waals surface area contributed by atoms with Gasteiger partial charge in [-0.05, 0) is 24.8 Å². The summed E-state index contributed by atoms with van der Waals surface area (Å²) in [4.78, 5) is 12.4. The lowest BCUT2D eigenvalue weighted by Crippen LogP contribution is -2.26. The first kappa shape index (κ1) is 12.9. The summed E-state index contributed by atoms with van der Waals surface area (Å²) in [7, 11) is 0. The molecule has 0 radical (unpaired) electrons. The van der Waals surface area contributed by atoms with Crippen molar-refractivity contribution in [2.45, 2.75) is 12.8 Å². The summed E-state index contributed by atoms with van der Waals surface area (Å²) >= 11 is 0. The van der Waals surface area contributed by atoms with Crippen molar-refractivity contribution in [2.24, 2.45) is 5.92 Å². The van der Waals surface area contributed by atoms with E-state index in [1.165, 1.54) is 12.8 Å². The Bertz CT molecular complexity index is 845. The fourth-order valence-corrected chi connectivity index (χ4v) is 2.51. The topological polar surface area (TPSA) is 94.3 Å². The van der Waals surface area contributed by atoms with Gasteiger partial charge < -0.3 is 20.0 Å². The number of carbonyl (C=O) groups excluding carboxylic acids is 1. The zero-order valence-electron chi connectivity index (χ0n) is 11.8. The van der Waals surface area contributed by atoms with Gasteiger partial charge in [0.1, 0.15) is 23.1 Å². The van der Waals surface area contributed by atoms with Crippen molar-refractivity contribution < 1.29 is 13.7 Å². The number of amides is 1. The molecule has 1 aromatic carbocycles. The maximum absolute atomic E-state index is 12.4. The molecule has 22 heavy (non-hydrogen) atoms. The van der Waals surface area contributed by atoms with Crippen LogP contribution in [0.15, 0.2) is 39.5 Å². The SMILES string of the molecule is Nc1onc(-c2coc3ccccc23)c1C(=O)NCC1CC1. The van der Waals surface area contributed by atoms with Gasteiger partial charge in [-0.1, -0.05) is 23.4 Å². The Morgan fingerprint density at radius 3 is 3.00 bits per heavy atom. The molecule has 6 heteroatoms. The van der Waals surface area contributed by atoms with Gasteiger partial charge in [-0.25, -0.2) is 0 Å². The summed E-state index contributed by atoms with van der Waals surface area (Å²) in [5, 5.41) is 7.71. The minimum absolute atomic E-state index is 0.0218. The van der Waals surface area contributed by atoms with Crippen molar-refractivity contribution in [3.8, 4) is 11.3 Å². The fourth-order valence-electron chi connectivity index (χ4n) is 2.51. The molecular formula is C16H15N3O3. The molecule has 0 atom stereocenters.